The van der Waals surface area contributed by atoms with E-state index in [1.807, 2.05) is 0 Å². The Morgan fingerprint density at radius 3 is 2.76 bits per heavy atom. The van der Waals surface area contributed by atoms with E-state index in [0.29, 0.717) is 15.7 Å². The Labute approximate surface area is 111 Å². The topological polar surface area (TPSA) is 28.0 Å². The van der Waals surface area contributed by atoms with Crippen LogP contribution in [0.15, 0.2) is 40.3 Å². The van der Waals surface area contributed by atoms with E-state index in [1.165, 1.54) is 12.1 Å². The van der Waals surface area contributed by atoms with Gasteiger partial charge in [0.2, 0.25) is 0 Å². The van der Waals surface area contributed by atoms with Gasteiger partial charge in [0.05, 0.1) is 21.9 Å². The lowest BCUT2D eigenvalue weighted by molar-refractivity contribution is 0.479. The van der Waals surface area contributed by atoms with Gasteiger partial charge in [0, 0.05) is 19.3 Å². The lowest BCUT2D eigenvalue weighted by Crippen LogP contribution is -2.09. The van der Waals surface area contributed by atoms with Gasteiger partial charge in [-0.3, -0.25) is 0 Å². The Kier molecular flexibility index (Phi) is 4.02. The molecule has 17 heavy (non-hydrogen) atoms. The summed E-state index contributed by atoms with van der Waals surface area (Å²) in [4.78, 5) is 2.19. The molecule has 0 spiro atoms. The highest BCUT2D eigenvalue weighted by atomic mass is 35.5. The minimum absolute atomic E-state index is 0.494. The average Bonchev–Trinajstić information content (AvgIpc) is 2.70. The fraction of sp³-hybridized carbons (Fsp3) is 0.333. The van der Waals surface area contributed by atoms with E-state index in [1.54, 1.807) is 24.4 Å². The SMILES string of the molecule is CN1CCC/C1=C\N=Nc1ccc(Cl)c(Cl)c1. The van der Waals surface area contributed by atoms with Crippen LogP contribution in [0, 0.1) is 0 Å². The molecule has 1 heterocycles. The summed E-state index contributed by atoms with van der Waals surface area (Å²) < 4.78 is 0. The molecular weight excluding hydrogens is 257 g/mol. The van der Waals surface area contributed by atoms with E-state index in [2.05, 4.69) is 22.2 Å². The molecule has 0 bridgehead atoms. The van der Waals surface area contributed by atoms with Crippen LogP contribution in [0.4, 0.5) is 5.69 Å². The van der Waals surface area contributed by atoms with Gasteiger partial charge >= 0.3 is 0 Å². The number of azo groups is 1. The molecule has 3 nitrogen and oxygen atoms in total. The Bertz CT molecular complexity index is 469. The number of allylic oxidation sites excluding steroid dienone is 1. The maximum atomic E-state index is 5.89. The highest BCUT2D eigenvalue weighted by Gasteiger charge is 2.11. The summed E-state index contributed by atoms with van der Waals surface area (Å²) in [7, 11) is 2.06. The van der Waals surface area contributed by atoms with E-state index >= 15 is 0 Å². The standard InChI is InChI=1S/C12H13Cl2N3/c1-17-6-2-3-10(17)8-15-16-9-4-5-11(13)12(14)7-9/h4-5,7-8H,2-3,6H2,1H3/b10-8+,16-15?. The van der Waals surface area contributed by atoms with Crippen LogP contribution in [-0.2, 0) is 0 Å². The Hall–Kier alpha value is -1.06. The van der Waals surface area contributed by atoms with E-state index < -0.39 is 0 Å². The smallest absolute Gasteiger partial charge is 0.0872 e. The van der Waals surface area contributed by atoms with E-state index in [0.717, 1.165) is 13.0 Å². The number of benzene rings is 1. The van der Waals surface area contributed by atoms with E-state index in [-0.39, 0.29) is 0 Å². The number of halogens is 2. The summed E-state index contributed by atoms with van der Waals surface area (Å²) in [6, 6.07) is 5.20. The molecule has 5 heteroatoms. The van der Waals surface area contributed by atoms with Crippen molar-refractivity contribution in [3.63, 3.8) is 0 Å². The fourth-order valence-corrected chi connectivity index (χ4v) is 2.00. The lowest BCUT2D eigenvalue weighted by Gasteiger charge is -2.10. The number of hydrogen-bond acceptors (Lipinski definition) is 3. The molecule has 0 radical (unpaired) electrons. The Morgan fingerprint density at radius 1 is 1.29 bits per heavy atom. The van der Waals surface area contributed by atoms with Gasteiger partial charge in [0.15, 0.2) is 0 Å². The normalized spacial score (nSPS) is 18.5. The molecule has 0 atom stereocenters. The van der Waals surface area contributed by atoms with Gasteiger partial charge in [-0.15, -0.1) is 0 Å². The van der Waals surface area contributed by atoms with Crippen molar-refractivity contribution in [1.82, 2.24) is 4.90 Å². The van der Waals surface area contributed by atoms with Crippen molar-refractivity contribution < 1.29 is 0 Å². The van der Waals surface area contributed by atoms with Crippen LogP contribution in [0.25, 0.3) is 0 Å². The molecule has 0 saturated carbocycles. The van der Waals surface area contributed by atoms with Crippen LogP contribution < -0.4 is 0 Å². The largest absolute Gasteiger partial charge is 0.377 e. The zero-order chi connectivity index (χ0) is 12.3. The van der Waals surface area contributed by atoms with Crippen LogP contribution in [0.2, 0.25) is 10.0 Å². The summed E-state index contributed by atoms with van der Waals surface area (Å²) >= 11 is 11.7. The summed E-state index contributed by atoms with van der Waals surface area (Å²) in [6.45, 7) is 1.09. The van der Waals surface area contributed by atoms with Crippen molar-refractivity contribution in [3.8, 4) is 0 Å². The lowest BCUT2D eigenvalue weighted by atomic mass is 10.3. The molecule has 1 aromatic rings. The number of nitrogens with zero attached hydrogens (tertiary/aromatic N) is 3. The number of likely N-dealkylation sites (tertiary alicyclic amines) is 1. The molecule has 0 aliphatic carbocycles. The first kappa shape index (κ1) is 12.4. The van der Waals surface area contributed by atoms with Crippen molar-refractivity contribution in [2.75, 3.05) is 13.6 Å². The second-order valence-electron chi connectivity index (χ2n) is 3.96. The highest BCUT2D eigenvalue weighted by Crippen LogP contribution is 2.27. The molecule has 1 fully saturated rings. The molecule has 0 amide bonds. The van der Waals surface area contributed by atoms with Gasteiger partial charge in [0.1, 0.15) is 0 Å². The Morgan fingerprint density at radius 2 is 2.12 bits per heavy atom. The predicted molar refractivity (Wildman–Crippen MR) is 70.9 cm³/mol. The van der Waals surface area contributed by atoms with Crippen molar-refractivity contribution in [3.05, 3.63) is 40.1 Å². The van der Waals surface area contributed by atoms with Crippen molar-refractivity contribution in [2.24, 2.45) is 10.2 Å². The maximum absolute atomic E-state index is 5.89. The zero-order valence-corrected chi connectivity index (χ0v) is 11.0. The number of hydrogen-bond donors (Lipinski definition) is 0. The molecule has 0 aromatic heterocycles. The fourth-order valence-electron chi connectivity index (χ4n) is 1.70. The van der Waals surface area contributed by atoms with Crippen LogP contribution in [0.1, 0.15) is 12.8 Å². The molecule has 1 aromatic carbocycles. The van der Waals surface area contributed by atoms with Crippen LogP contribution in [-0.4, -0.2) is 18.5 Å². The monoisotopic (exact) mass is 269 g/mol. The van der Waals surface area contributed by atoms with Crippen LogP contribution in [0.3, 0.4) is 0 Å². The van der Waals surface area contributed by atoms with Crippen molar-refractivity contribution in [1.29, 1.82) is 0 Å². The van der Waals surface area contributed by atoms with Gasteiger partial charge in [-0.1, -0.05) is 23.2 Å². The molecule has 1 aliphatic rings. The molecular formula is C12H13Cl2N3. The zero-order valence-electron chi connectivity index (χ0n) is 9.53. The van der Waals surface area contributed by atoms with Gasteiger partial charge in [-0.2, -0.15) is 10.2 Å². The molecule has 1 aliphatic heterocycles. The summed E-state index contributed by atoms with van der Waals surface area (Å²) in [5.74, 6) is 0. The van der Waals surface area contributed by atoms with E-state index in [4.69, 9.17) is 23.2 Å². The minimum Gasteiger partial charge on any atom is -0.377 e. The quantitative estimate of drug-likeness (QED) is 0.719. The second-order valence-corrected chi connectivity index (χ2v) is 4.77. The molecule has 0 unspecified atom stereocenters. The third-order valence-electron chi connectivity index (χ3n) is 2.70. The van der Waals surface area contributed by atoms with Crippen molar-refractivity contribution >= 4 is 28.9 Å². The summed E-state index contributed by atoms with van der Waals surface area (Å²) in [5, 5.41) is 9.17. The first-order valence-corrected chi connectivity index (χ1v) is 6.18. The number of rotatable bonds is 2. The van der Waals surface area contributed by atoms with Gasteiger partial charge in [-0.05, 0) is 31.0 Å². The van der Waals surface area contributed by atoms with Gasteiger partial charge < -0.3 is 4.90 Å². The third kappa shape index (κ3) is 3.20. The van der Waals surface area contributed by atoms with Crippen molar-refractivity contribution in [2.45, 2.75) is 12.8 Å². The van der Waals surface area contributed by atoms with Gasteiger partial charge in [-0.25, -0.2) is 0 Å². The molecule has 0 N–H and O–H groups in total. The van der Waals surface area contributed by atoms with Gasteiger partial charge in [0.25, 0.3) is 0 Å². The van der Waals surface area contributed by atoms with E-state index in [9.17, 15) is 0 Å². The molecule has 1 saturated heterocycles. The summed E-state index contributed by atoms with van der Waals surface area (Å²) in [6.07, 6.45) is 4.05. The van der Waals surface area contributed by atoms with Crippen LogP contribution in [0.5, 0.6) is 0 Å². The Balaban J connectivity index is 2.07. The minimum atomic E-state index is 0.494. The first-order chi connectivity index (χ1) is 8.16. The first-order valence-electron chi connectivity index (χ1n) is 5.43. The highest BCUT2D eigenvalue weighted by molar-refractivity contribution is 6.42. The second kappa shape index (κ2) is 5.52. The molecule has 90 valence electrons. The maximum Gasteiger partial charge on any atom is 0.0872 e. The predicted octanol–water partition coefficient (Wildman–Crippen LogP) is 4.64. The summed E-state index contributed by atoms with van der Waals surface area (Å²) in [5.41, 5.74) is 1.92. The average molecular weight is 270 g/mol. The molecule has 2 rings (SSSR count). The third-order valence-corrected chi connectivity index (χ3v) is 3.44. The van der Waals surface area contributed by atoms with Crippen LogP contribution >= 0.6 is 23.2 Å².